The Hall–Kier alpha value is -4.72. The minimum Gasteiger partial charge on any atom is -0.508 e. The number of aromatic hydroxyl groups is 1. The van der Waals surface area contributed by atoms with Crippen molar-refractivity contribution >= 4 is 23.7 Å². The molecule has 3 aromatic rings. The van der Waals surface area contributed by atoms with Crippen molar-refractivity contribution < 1.29 is 29.4 Å². The Bertz CT molecular complexity index is 1270. The van der Waals surface area contributed by atoms with Gasteiger partial charge in [0.2, 0.25) is 17.7 Å². The maximum absolute atomic E-state index is 13.5. The fourth-order valence-electron chi connectivity index (χ4n) is 4.44. The third-order valence-electron chi connectivity index (χ3n) is 6.59. The maximum Gasteiger partial charge on any atom is 0.326 e. The van der Waals surface area contributed by atoms with E-state index in [1.807, 2.05) is 0 Å². The predicted octanol–water partition coefficient (Wildman–Crippen LogP) is -0.843. The fourth-order valence-corrected chi connectivity index (χ4v) is 4.44. The van der Waals surface area contributed by atoms with E-state index in [9.17, 15) is 29.4 Å². The van der Waals surface area contributed by atoms with Crippen LogP contribution in [0.5, 0.6) is 5.75 Å². The Morgan fingerprint density at radius 3 is 1.95 bits per heavy atom. The molecule has 0 bridgehead atoms. The predicted molar refractivity (Wildman–Crippen MR) is 141 cm³/mol. The summed E-state index contributed by atoms with van der Waals surface area (Å²) in [6.07, 6.45) is 7.38. The Morgan fingerprint density at radius 2 is 1.43 bits per heavy atom. The number of phenolic OH excluding ortho intramolecular Hbond substituents is 1. The standard InChI is InChI=1S/C26H32N8O6/c35-18-5-3-15(4-6-18)8-20(24(37)34-22(26(39)40)10-17-12-28-14-31-17)32-25(38)21(9-16-11-27-13-30-16)33-23(36)19-2-1-7-29-19/h3-6,11-14,19-22,29,35H,1-2,7-10H2,(H,27,30)(H,28,31)(H,32,38)(H,33,36)(H,34,37)(H,39,40). The van der Waals surface area contributed by atoms with Crippen molar-refractivity contribution in [1.82, 2.24) is 41.2 Å². The van der Waals surface area contributed by atoms with Gasteiger partial charge < -0.3 is 41.4 Å². The SMILES string of the molecule is O=C(O)C(Cc1cnc[nH]1)NC(=O)C(Cc1ccc(O)cc1)NC(=O)C(Cc1cnc[nH]1)NC(=O)C1CCCN1. The van der Waals surface area contributed by atoms with E-state index in [1.165, 1.54) is 37.2 Å². The molecule has 1 fully saturated rings. The Morgan fingerprint density at radius 1 is 0.850 bits per heavy atom. The van der Waals surface area contributed by atoms with Crippen molar-refractivity contribution in [3.63, 3.8) is 0 Å². The van der Waals surface area contributed by atoms with Crippen LogP contribution < -0.4 is 21.3 Å². The summed E-state index contributed by atoms with van der Waals surface area (Å²) in [5.41, 5.74) is 1.72. The number of nitrogens with one attached hydrogen (secondary N) is 6. The first-order valence-electron chi connectivity index (χ1n) is 12.9. The largest absolute Gasteiger partial charge is 0.508 e. The Labute approximate surface area is 229 Å². The van der Waals surface area contributed by atoms with Gasteiger partial charge in [-0.15, -0.1) is 0 Å². The maximum atomic E-state index is 13.5. The smallest absolute Gasteiger partial charge is 0.326 e. The topological polar surface area (TPSA) is 214 Å². The number of carbonyl (C=O) groups excluding carboxylic acids is 3. The molecule has 1 aliphatic rings. The van der Waals surface area contributed by atoms with Crippen LogP contribution in [-0.4, -0.2) is 84.6 Å². The van der Waals surface area contributed by atoms with Crippen molar-refractivity contribution in [2.24, 2.45) is 0 Å². The Kier molecular flexibility index (Phi) is 9.46. The second kappa shape index (κ2) is 13.4. The van der Waals surface area contributed by atoms with E-state index in [-0.39, 0.29) is 30.9 Å². The van der Waals surface area contributed by atoms with Gasteiger partial charge in [-0.2, -0.15) is 0 Å². The molecule has 4 atom stereocenters. The number of benzene rings is 1. The first kappa shape index (κ1) is 28.3. The summed E-state index contributed by atoms with van der Waals surface area (Å²) in [5, 5.41) is 30.4. The summed E-state index contributed by atoms with van der Waals surface area (Å²) in [7, 11) is 0. The number of aromatic amines is 2. The van der Waals surface area contributed by atoms with Gasteiger partial charge in [0.15, 0.2) is 0 Å². The van der Waals surface area contributed by atoms with E-state index in [4.69, 9.17) is 0 Å². The van der Waals surface area contributed by atoms with Crippen molar-refractivity contribution in [3.05, 3.63) is 66.3 Å². The van der Waals surface area contributed by atoms with Crippen LogP contribution in [-0.2, 0) is 38.4 Å². The number of phenols is 1. The van der Waals surface area contributed by atoms with Crippen LogP contribution in [0.25, 0.3) is 0 Å². The van der Waals surface area contributed by atoms with E-state index in [0.717, 1.165) is 6.42 Å². The number of carbonyl (C=O) groups is 4. The van der Waals surface area contributed by atoms with Gasteiger partial charge in [0.1, 0.15) is 23.9 Å². The number of hydrogen-bond acceptors (Lipinski definition) is 8. The number of imidazole rings is 2. The van der Waals surface area contributed by atoms with Gasteiger partial charge in [-0.1, -0.05) is 12.1 Å². The van der Waals surface area contributed by atoms with Crippen molar-refractivity contribution in [2.75, 3.05) is 6.54 Å². The number of aromatic nitrogens is 4. The van der Waals surface area contributed by atoms with Crippen molar-refractivity contribution in [3.8, 4) is 5.75 Å². The summed E-state index contributed by atoms with van der Waals surface area (Å²) >= 11 is 0. The molecular weight excluding hydrogens is 520 g/mol. The van der Waals surface area contributed by atoms with Gasteiger partial charge in [0.05, 0.1) is 18.7 Å². The highest BCUT2D eigenvalue weighted by atomic mass is 16.4. The quantitative estimate of drug-likeness (QED) is 0.132. The lowest BCUT2D eigenvalue weighted by atomic mass is 10.0. The lowest BCUT2D eigenvalue weighted by molar-refractivity contribution is -0.142. The molecular formula is C26H32N8O6. The molecule has 0 spiro atoms. The second-order valence-electron chi connectivity index (χ2n) is 9.60. The molecule has 0 saturated carbocycles. The molecule has 3 amide bonds. The van der Waals surface area contributed by atoms with E-state index >= 15 is 0 Å². The fraction of sp³-hybridized carbons (Fsp3) is 0.385. The van der Waals surface area contributed by atoms with E-state index in [2.05, 4.69) is 41.2 Å². The van der Waals surface area contributed by atoms with E-state index in [1.54, 1.807) is 12.1 Å². The van der Waals surface area contributed by atoms with Gasteiger partial charge in [0.25, 0.3) is 0 Å². The molecule has 2 aromatic heterocycles. The van der Waals surface area contributed by atoms with E-state index < -0.39 is 42.0 Å². The summed E-state index contributed by atoms with van der Waals surface area (Å²) in [5.74, 6) is -2.91. The number of H-pyrrole nitrogens is 2. The molecule has 14 heteroatoms. The lowest BCUT2D eigenvalue weighted by Crippen LogP contribution is -2.58. The van der Waals surface area contributed by atoms with Crippen LogP contribution >= 0.6 is 0 Å². The van der Waals surface area contributed by atoms with E-state index in [0.29, 0.717) is 29.9 Å². The molecule has 1 saturated heterocycles. The van der Waals surface area contributed by atoms with Gasteiger partial charge in [-0.3, -0.25) is 14.4 Å². The monoisotopic (exact) mass is 552 g/mol. The van der Waals surface area contributed by atoms with Gasteiger partial charge in [0, 0.05) is 43.0 Å². The number of aliphatic carboxylic acids is 1. The minimum absolute atomic E-state index is 0.00313. The summed E-state index contributed by atoms with van der Waals surface area (Å²) in [6.45, 7) is 0.702. The molecule has 1 aromatic carbocycles. The van der Waals surface area contributed by atoms with Gasteiger partial charge in [-0.25, -0.2) is 14.8 Å². The number of carboxylic acid groups (broad SMARTS) is 1. The third-order valence-corrected chi connectivity index (χ3v) is 6.59. The van der Waals surface area contributed by atoms with Gasteiger partial charge in [-0.05, 0) is 37.1 Å². The van der Waals surface area contributed by atoms with Gasteiger partial charge >= 0.3 is 5.97 Å². The number of rotatable bonds is 13. The number of carboxylic acids is 1. The van der Waals surface area contributed by atoms with Crippen LogP contribution in [0.1, 0.15) is 29.8 Å². The molecule has 14 nitrogen and oxygen atoms in total. The number of amides is 3. The molecule has 0 aliphatic carbocycles. The number of hydrogen-bond donors (Lipinski definition) is 8. The number of nitrogens with zero attached hydrogens (tertiary/aromatic N) is 2. The minimum atomic E-state index is -1.29. The summed E-state index contributed by atoms with van der Waals surface area (Å²) in [4.78, 5) is 65.2. The van der Waals surface area contributed by atoms with Crippen LogP contribution in [0.2, 0.25) is 0 Å². The zero-order chi connectivity index (χ0) is 28.5. The molecule has 212 valence electrons. The average Bonchev–Trinajstić information content (AvgIpc) is 3.73. The van der Waals surface area contributed by atoms with Crippen LogP contribution in [0, 0.1) is 0 Å². The zero-order valence-corrected chi connectivity index (χ0v) is 21.6. The van der Waals surface area contributed by atoms with Crippen LogP contribution in [0.15, 0.2) is 49.3 Å². The van der Waals surface area contributed by atoms with Crippen LogP contribution in [0.4, 0.5) is 0 Å². The molecule has 3 heterocycles. The highest BCUT2D eigenvalue weighted by molar-refractivity contribution is 5.94. The normalized spacial score (nSPS) is 16.9. The highest BCUT2D eigenvalue weighted by Crippen LogP contribution is 2.13. The molecule has 1 aliphatic heterocycles. The molecule has 8 N–H and O–H groups in total. The first-order valence-corrected chi connectivity index (χ1v) is 12.9. The molecule has 40 heavy (non-hydrogen) atoms. The molecule has 4 rings (SSSR count). The van der Waals surface area contributed by atoms with Crippen molar-refractivity contribution in [1.29, 1.82) is 0 Å². The molecule has 4 unspecified atom stereocenters. The second-order valence-corrected chi connectivity index (χ2v) is 9.60. The zero-order valence-electron chi connectivity index (χ0n) is 21.6. The third kappa shape index (κ3) is 7.89. The Balaban J connectivity index is 1.52. The summed E-state index contributed by atoms with van der Waals surface area (Å²) < 4.78 is 0. The molecule has 0 radical (unpaired) electrons. The average molecular weight is 553 g/mol. The first-order chi connectivity index (χ1) is 19.3. The lowest BCUT2D eigenvalue weighted by Gasteiger charge is -2.25. The van der Waals surface area contributed by atoms with Crippen molar-refractivity contribution in [2.45, 2.75) is 56.3 Å². The van der Waals surface area contributed by atoms with Crippen LogP contribution in [0.3, 0.4) is 0 Å². The summed E-state index contributed by atoms with van der Waals surface area (Å²) in [6, 6.07) is 2.14. The highest BCUT2D eigenvalue weighted by Gasteiger charge is 2.32.